The molecule has 0 aliphatic rings. The Morgan fingerprint density at radius 3 is 2.85 bits per heavy atom. The minimum atomic E-state index is -0.371. The number of H-pyrrole nitrogens is 1. The van der Waals surface area contributed by atoms with E-state index in [-0.39, 0.29) is 11.6 Å². The number of nitrogens with one attached hydrogen (secondary N) is 1. The molecule has 0 saturated carbocycles. The number of imidazole rings is 1. The number of aromatic amines is 1. The Morgan fingerprint density at radius 2 is 2.15 bits per heavy atom. The minimum absolute atomic E-state index is 0.246. The summed E-state index contributed by atoms with van der Waals surface area (Å²) in [5.41, 5.74) is 7.04. The van der Waals surface area contributed by atoms with E-state index in [9.17, 15) is 4.39 Å². The molecule has 108 valence electrons. The molecule has 0 saturated heterocycles. The zero-order valence-corrected chi connectivity index (χ0v) is 11.7. The number of methoxy groups -OCH3 is 1. The van der Waals surface area contributed by atoms with Gasteiger partial charge in [0.2, 0.25) is 0 Å². The quantitative estimate of drug-likeness (QED) is 0.765. The highest BCUT2D eigenvalue weighted by Gasteiger charge is 2.07. The molecule has 1 aromatic heterocycles. The maximum Gasteiger partial charge on any atom is 0.165 e. The number of nitrogens with two attached hydrogens (primary N) is 1. The Bertz CT molecular complexity index is 554. The van der Waals surface area contributed by atoms with Gasteiger partial charge in [0, 0.05) is 12.0 Å². The largest absolute Gasteiger partial charge is 0.494 e. The van der Waals surface area contributed by atoms with Crippen LogP contribution >= 0.6 is 0 Å². The van der Waals surface area contributed by atoms with E-state index in [0.29, 0.717) is 0 Å². The van der Waals surface area contributed by atoms with Crippen LogP contribution in [0.2, 0.25) is 0 Å². The first kappa shape index (κ1) is 14.5. The van der Waals surface area contributed by atoms with E-state index in [1.165, 1.54) is 13.2 Å². The van der Waals surface area contributed by atoms with Crippen LogP contribution in [0, 0.1) is 5.82 Å². The van der Waals surface area contributed by atoms with Crippen LogP contribution in [0.15, 0.2) is 24.4 Å². The highest BCUT2D eigenvalue weighted by molar-refractivity contribution is 5.59. The molecule has 4 nitrogen and oxygen atoms in total. The van der Waals surface area contributed by atoms with Crippen molar-refractivity contribution in [1.82, 2.24) is 9.97 Å². The summed E-state index contributed by atoms with van der Waals surface area (Å²) in [6.45, 7) is 0.731. The second-order valence-corrected chi connectivity index (χ2v) is 4.69. The molecule has 20 heavy (non-hydrogen) atoms. The fraction of sp³-hybridized carbons (Fsp3) is 0.400. The van der Waals surface area contributed by atoms with E-state index in [1.54, 1.807) is 12.3 Å². The molecular weight excluding hydrogens is 257 g/mol. The van der Waals surface area contributed by atoms with Crippen LogP contribution in [0.4, 0.5) is 4.39 Å². The summed E-state index contributed by atoms with van der Waals surface area (Å²) in [7, 11) is 1.45. The van der Waals surface area contributed by atoms with Crippen LogP contribution in [-0.2, 0) is 6.42 Å². The molecule has 0 fully saturated rings. The number of ether oxygens (including phenoxy) is 1. The molecule has 0 radical (unpaired) electrons. The first-order valence-electron chi connectivity index (χ1n) is 6.82. The van der Waals surface area contributed by atoms with E-state index in [1.807, 2.05) is 6.07 Å². The predicted molar refractivity (Wildman–Crippen MR) is 77.1 cm³/mol. The van der Waals surface area contributed by atoms with Gasteiger partial charge in [-0.1, -0.05) is 6.42 Å². The van der Waals surface area contributed by atoms with E-state index in [4.69, 9.17) is 10.5 Å². The van der Waals surface area contributed by atoms with Gasteiger partial charge in [0.25, 0.3) is 0 Å². The van der Waals surface area contributed by atoms with Crippen LogP contribution in [0.5, 0.6) is 5.75 Å². The van der Waals surface area contributed by atoms with Gasteiger partial charge in [-0.25, -0.2) is 9.37 Å². The fourth-order valence-corrected chi connectivity index (χ4v) is 2.08. The molecule has 5 heteroatoms. The van der Waals surface area contributed by atoms with Crippen molar-refractivity contribution in [2.24, 2.45) is 5.73 Å². The van der Waals surface area contributed by atoms with Gasteiger partial charge in [-0.05, 0) is 37.6 Å². The lowest BCUT2D eigenvalue weighted by molar-refractivity contribution is 0.386. The van der Waals surface area contributed by atoms with Gasteiger partial charge in [0.15, 0.2) is 11.6 Å². The number of aromatic nitrogens is 2. The number of nitrogens with zero attached hydrogens (tertiary/aromatic N) is 1. The molecule has 1 heterocycles. The van der Waals surface area contributed by atoms with Gasteiger partial charge < -0.3 is 15.5 Å². The first-order chi connectivity index (χ1) is 9.74. The van der Waals surface area contributed by atoms with Gasteiger partial charge in [-0.3, -0.25) is 0 Å². The molecule has 0 spiro atoms. The Morgan fingerprint density at radius 1 is 1.30 bits per heavy atom. The van der Waals surface area contributed by atoms with Crippen molar-refractivity contribution < 1.29 is 9.13 Å². The predicted octanol–water partition coefficient (Wildman–Crippen LogP) is 2.90. The number of aryl methyl sites for hydroxylation is 1. The molecule has 0 bridgehead atoms. The third-order valence-electron chi connectivity index (χ3n) is 3.21. The van der Waals surface area contributed by atoms with Gasteiger partial charge in [0.1, 0.15) is 5.82 Å². The smallest absolute Gasteiger partial charge is 0.165 e. The standard InChI is InChI=1S/C15H20FN3O/c1-20-14-7-6-11(9-12(14)16)13-10-18-15(19-13)5-3-2-4-8-17/h6-7,9-10H,2-5,8,17H2,1H3,(H,18,19). The molecule has 2 aromatic rings. The Labute approximate surface area is 118 Å². The molecular formula is C15H20FN3O. The highest BCUT2D eigenvalue weighted by atomic mass is 19.1. The number of benzene rings is 1. The first-order valence-corrected chi connectivity index (χ1v) is 6.82. The lowest BCUT2D eigenvalue weighted by Gasteiger charge is -2.03. The summed E-state index contributed by atoms with van der Waals surface area (Å²) in [6, 6.07) is 4.88. The van der Waals surface area contributed by atoms with Crippen LogP contribution in [0.25, 0.3) is 11.3 Å². The third-order valence-corrected chi connectivity index (χ3v) is 3.21. The van der Waals surface area contributed by atoms with Crippen molar-refractivity contribution in [3.63, 3.8) is 0 Å². The maximum atomic E-state index is 13.7. The molecule has 0 aliphatic carbocycles. The summed E-state index contributed by atoms with van der Waals surface area (Å²) in [6.07, 6.45) is 5.82. The van der Waals surface area contributed by atoms with Crippen LogP contribution in [0.1, 0.15) is 25.1 Å². The Hall–Kier alpha value is -1.88. The zero-order chi connectivity index (χ0) is 14.4. The second kappa shape index (κ2) is 7.05. The number of halogens is 1. The molecule has 0 amide bonds. The normalized spacial score (nSPS) is 10.8. The monoisotopic (exact) mass is 277 g/mol. The Balaban J connectivity index is 2.03. The molecule has 2 rings (SSSR count). The maximum absolute atomic E-state index is 13.7. The van der Waals surface area contributed by atoms with Crippen LogP contribution < -0.4 is 10.5 Å². The van der Waals surface area contributed by atoms with Crippen molar-refractivity contribution in [3.8, 4) is 17.0 Å². The van der Waals surface area contributed by atoms with Crippen LogP contribution in [-0.4, -0.2) is 23.6 Å². The number of hydrogen-bond donors (Lipinski definition) is 2. The summed E-state index contributed by atoms with van der Waals surface area (Å²) in [4.78, 5) is 7.54. The number of rotatable bonds is 7. The Kier molecular flexibility index (Phi) is 5.12. The minimum Gasteiger partial charge on any atom is -0.494 e. The fourth-order valence-electron chi connectivity index (χ4n) is 2.08. The molecule has 0 atom stereocenters. The summed E-state index contributed by atoms with van der Waals surface area (Å²) in [5, 5.41) is 0. The third kappa shape index (κ3) is 3.57. The van der Waals surface area contributed by atoms with Crippen LogP contribution in [0.3, 0.4) is 0 Å². The zero-order valence-electron chi connectivity index (χ0n) is 11.7. The van der Waals surface area contributed by atoms with Crippen molar-refractivity contribution >= 4 is 0 Å². The summed E-state index contributed by atoms with van der Waals surface area (Å²) < 4.78 is 18.6. The van der Waals surface area contributed by atoms with Crippen molar-refractivity contribution in [2.75, 3.05) is 13.7 Å². The van der Waals surface area contributed by atoms with E-state index < -0.39 is 0 Å². The molecule has 3 N–H and O–H groups in total. The molecule has 0 aliphatic heterocycles. The second-order valence-electron chi connectivity index (χ2n) is 4.69. The van der Waals surface area contributed by atoms with Gasteiger partial charge >= 0.3 is 0 Å². The van der Waals surface area contributed by atoms with Gasteiger partial charge in [-0.2, -0.15) is 0 Å². The average Bonchev–Trinajstić information content (AvgIpc) is 2.92. The van der Waals surface area contributed by atoms with E-state index >= 15 is 0 Å². The summed E-state index contributed by atoms with van der Waals surface area (Å²) in [5.74, 6) is 0.799. The number of unbranched alkanes of at least 4 members (excludes halogenated alkanes) is 2. The molecule has 0 unspecified atom stereocenters. The SMILES string of the molecule is COc1ccc(-c2cnc(CCCCCN)[nH]2)cc1F. The molecule has 1 aromatic carbocycles. The van der Waals surface area contributed by atoms with Gasteiger partial charge in [-0.15, -0.1) is 0 Å². The van der Waals surface area contributed by atoms with Gasteiger partial charge in [0.05, 0.1) is 19.0 Å². The number of hydrogen-bond acceptors (Lipinski definition) is 3. The van der Waals surface area contributed by atoms with Crippen molar-refractivity contribution in [1.29, 1.82) is 0 Å². The average molecular weight is 277 g/mol. The highest BCUT2D eigenvalue weighted by Crippen LogP contribution is 2.24. The van der Waals surface area contributed by atoms with Crippen molar-refractivity contribution in [2.45, 2.75) is 25.7 Å². The van der Waals surface area contributed by atoms with Crippen molar-refractivity contribution in [3.05, 3.63) is 36.0 Å². The topological polar surface area (TPSA) is 63.9 Å². The lowest BCUT2D eigenvalue weighted by atomic mass is 10.1. The van der Waals surface area contributed by atoms with E-state index in [0.717, 1.165) is 49.3 Å². The lowest BCUT2D eigenvalue weighted by Crippen LogP contribution is -1.98. The summed E-state index contributed by atoms with van der Waals surface area (Å²) >= 11 is 0. The van der Waals surface area contributed by atoms with E-state index in [2.05, 4.69) is 9.97 Å².